The first-order valence-electron chi connectivity index (χ1n) is 6.50. The Labute approximate surface area is 127 Å². The summed E-state index contributed by atoms with van der Waals surface area (Å²) < 4.78 is 0. The van der Waals surface area contributed by atoms with E-state index in [4.69, 9.17) is 0 Å². The van der Waals surface area contributed by atoms with Gasteiger partial charge in [-0.15, -0.1) is 0 Å². The van der Waals surface area contributed by atoms with Crippen molar-refractivity contribution in [2.24, 2.45) is 0 Å². The summed E-state index contributed by atoms with van der Waals surface area (Å²) in [6.45, 7) is 3.11. The second-order valence-electron chi connectivity index (χ2n) is 4.91. The number of aromatic hydroxyl groups is 2. The van der Waals surface area contributed by atoms with Gasteiger partial charge in [0.25, 0.3) is 0 Å². The zero-order chi connectivity index (χ0) is 15.6. The van der Waals surface area contributed by atoms with E-state index in [0.29, 0.717) is 22.3 Å². The first-order valence-corrected chi connectivity index (χ1v) is 7.32. The molecular weight excluding hydrogens is 288 g/mol. The zero-order valence-electron chi connectivity index (χ0n) is 11.9. The summed E-state index contributed by atoms with van der Waals surface area (Å²) in [6, 6.07) is 7.13. The van der Waals surface area contributed by atoms with Crippen molar-refractivity contribution in [2.45, 2.75) is 36.9 Å². The van der Waals surface area contributed by atoms with Gasteiger partial charge in [0.05, 0.1) is 13.2 Å². The fourth-order valence-electron chi connectivity index (χ4n) is 2.13. The Bertz CT molecular complexity index is 610. The lowest BCUT2D eigenvalue weighted by molar-refractivity contribution is 0.274. The molecule has 21 heavy (non-hydrogen) atoms. The molecule has 0 aromatic heterocycles. The van der Waals surface area contributed by atoms with E-state index in [-0.39, 0.29) is 24.7 Å². The molecule has 5 heteroatoms. The van der Waals surface area contributed by atoms with Crippen LogP contribution < -0.4 is 0 Å². The average molecular weight is 306 g/mol. The third kappa shape index (κ3) is 3.32. The molecule has 0 amide bonds. The van der Waals surface area contributed by atoms with Crippen LogP contribution in [0.1, 0.15) is 22.3 Å². The van der Waals surface area contributed by atoms with Gasteiger partial charge in [-0.25, -0.2) is 0 Å². The van der Waals surface area contributed by atoms with Gasteiger partial charge in [-0.05, 0) is 49.2 Å². The van der Waals surface area contributed by atoms with Crippen molar-refractivity contribution in [3.8, 4) is 11.5 Å². The van der Waals surface area contributed by atoms with Gasteiger partial charge in [-0.3, -0.25) is 0 Å². The fourth-order valence-corrected chi connectivity index (χ4v) is 3.27. The Hall–Kier alpha value is -1.69. The van der Waals surface area contributed by atoms with Gasteiger partial charge in [0.15, 0.2) is 0 Å². The molecule has 4 N–H and O–H groups in total. The maximum absolute atomic E-state index is 9.82. The van der Waals surface area contributed by atoms with E-state index in [1.54, 1.807) is 26.0 Å². The maximum Gasteiger partial charge on any atom is 0.124 e. The van der Waals surface area contributed by atoms with Crippen molar-refractivity contribution in [2.75, 3.05) is 0 Å². The second-order valence-corrected chi connectivity index (χ2v) is 6.06. The van der Waals surface area contributed by atoms with Crippen molar-refractivity contribution in [1.82, 2.24) is 0 Å². The van der Waals surface area contributed by atoms with E-state index in [9.17, 15) is 20.4 Å². The van der Waals surface area contributed by atoms with Crippen LogP contribution in [0.3, 0.4) is 0 Å². The molecule has 2 rings (SSSR count). The minimum absolute atomic E-state index is 0.111. The van der Waals surface area contributed by atoms with Crippen LogP contribution in [0.15, 0.2) is 34.1 Å². The second kappa shape index (κ2) is 6.39. The molecule has 0 saturated heterocycles. The highest BCUT2D eigenvalue weighted by Crippen LogP contribution is 2.36. The first kappa shape index (κ1) is 15.7. The lowest BCUT2D eigenvalue weighted by atomic mass is 10.1. The lowest BCUT2D eigenvalue weighted by Crippen LogP contribution is -1.90. The quantitative estimate of drug-likeness (QED) is 0.698. The number of hydrogen-bond donors (Lipinski definition) is 4. The Morgan fingerprint density at radius 2 is 1.14 bits per heavy atom. The van der Waals surface area contributed by atoms with Crippen LogP contribution in [0.5, 0.6) is 11.5 Å². The Morgan fingerprint density at radius 1 is 0.762 bits per heavy atom. The number of aliphatic hydroxyl groups excluding tert-OH is 2. The topological polar surface area (TPSA) is 80.9 Å². The summed E-state index contributed by atoms with van der Waals surface area (Å²) in [5.41, 5.74) is 2.36. The molecule has 0 bridgehead atoms. The lowest BCUT2D eigenvalue weighted by Gasteiger charge is -2.11. The minimum atomic E-state index is -0.225. The van der Waals surface area contributed by atoms with Crippen LogP contribution in [0.4, 0.5) is 0 Å². The predicted molar refractivity (Wildman–Crippen MR) is 81.7 cm³/mol. The average Bonchev–Trinajstić information content (AvgIpc) is 2.46. The fraction of sp³-hybridized carbons (Fsp3) is 0.250. The highest BCUT2D eigenvalue weighted by molar-refractivity contribution is 7.99. The number of benzene rings is 2. The molecule has 0 fully saturated rings. The molecule has 0 unspecified atom stereocenters. The van der Waals surface area contributed by atoms with E-state index in [0.717, 1.165) is 9.79 Å². The minimum Gasteiger partial charge on any atom is -0.507 e. The number of phenols is 2. The van der Waals surface area contributed by atoms with Crippen LogP contribution in [-0.4, -0.2) is 20.4 Å². The predicted octanol–water partition coefficient (Wildman–Crippen LogP) is 2.85. The van der Waals surface area contributed by atoms with Gasteiger partial charge in [0, 0.05) is 20.9 Å². The molecule has 0 atom stereocenters. The van der Waals surface area contributed by atoms with Gasteiger partial charge in [-0.1, -0.05) is 11.8 Å². The smallest absolute Gasteiger partial charge is 0.124 e. The van der Waals surface area contributed by atoms with E-state index in [1.165, 1.54) is 11.8 Å². The van der Waals surface area contributed by atoms with E-state index in [2.05, 4.69) is 0 Å². The maximum atomic E-state index is 9.82. The van der Waals surface area contributed by atoms with Crippen molar-refractivity contribution in [1.29, 1.82) is 0 Å². The standard InChI is InChI=1S/C16H18O4S/c1-9-3-13(5-11(7-17)15(9)19)21-14-4-10(2)16(20)12(6-14)8-18/h3-6,17-20H,7-8H2,1-2H3. The van der Waals surface area contributed by atoms with Gasteiger partial charge >= 0.3 is 0 Å². The van der Waals surface area contributed by atoms with Crippen molar-refractivity contribution < 1.29 is 20.4 Å². The molecule has 0 aliphatic carbocycles. The normalized spacial score (nSPS) is 10.9. The van der Waals surface area contributed by atoms with Gasteiger partial charge < -0.3 is 20.4 Å². The number of rotatable bonds is 4. The van der Waals surface area contributed by atoms with E-state index < -0.39 is 0 Å². The van der Waals surface area contributed by atoms with Crippen molar-refractivity contribution in [3.05, 3.63) is 46.5 Å². The summed E-state index contributed by atoms with van der Waals surface area (Å²) in [5, 5.41) is 38.2. The monoisotopic (exact) mass is 306 g/mol. The highest BCUT2D eigenvalue weighted by Gasteiger charge is 2.10. The molecular formula is C16H18O4S. The third-order valence-electron chi connectivity index (χ3n) is 3.28. The molecule has 0 heterocycles. The summed E-state index contributed by atoms with van der Waals surface area (Å²) in [5.74, 6) is 0.222. The molecule has 112 valence electrons. The summed E-state index contributed by atoms with van der Waals surface area (Å²) in [4.78, 5) is 1.76. The third-order valence-corrected chi connectivity index (χ3v) is 4.23. The molecule has 0 aliphatic heterocycles. The zero-order valence-corrected chi connectivity index (χ0v) is 12.7. The highest BCUT2D eigenvalue weighted by atomic mass is 32.2. The SMILES string of the molecule is Cc1cc(Sc2cc(C)c(O)c(CO)c2)cc(CO)c1O. The number of aryl methyl sites for hydroxylation is 2. The van der Waals surface area contributed by atoms with Gasteiger partial charge in [0.1, 0.15) is 11.5 Å². The largest absolute Gasteiger partial charge is 0.507 e. The van der Waals surface area contributed by atoms with Crippen LogP contribution in [0, 0.1) is 13.8 Å². The Morgan fingerprint density at radius 3 is 1.48 bits per heavy atom. The summed E-state index contributed by atoms with van der Waals surface area (Å²) in [6.07, 6.45) is 0. The molecule has 0 aliphatic rings. The number of hydrogen-bond acceptors (Lipinski definition) is 5. The molecule has 2 aromatic rings. The van der Waals surface area contributed by atoms with Gasteiger partial charge in [0.2, 0.25) is 0 Å². The van der Waals surface area contributed by atoms with Crippen LogP contribution in [0.25, 0.3) is 0 Å². The first-order chi connectivity index (χ1) is 9.96. The molecule has 0 saturated carbocycles. The number of aliphatic hydroxyl groups is 2. The summed E-state index contributed by atoms with van der Waals surface area (Å²) >= 11 is 1.45. The van der Waals surface area contributed by atoms with Gasteiger partial charge in [-0.2, -0.15) is 0 Å². The van der Waals surface area contributed by atoms with Crippen molar-refractivity contribution in [3.63, 3.8) is 0 Å². The molecule has 0 spiro atoms. The van der Waals surface area contributed by atoms with Crippen LogP contribution in [0.2, 0.25) is 0 Å². The summed E-state index contributed by atoms with van der Waals surface area (Å²) in [7, 11) is 0. The van der Waals surface area contributed by atoms with Crippen molar-refractivity contribution >= 4 is 11.8 Å². The van der Waals surface area contributed by atoms with E-state index >= 15 is 0 Å². The van der Waals surface area contributed by atoms with E-state index in [1.807, 2.05) is 12.1 Å². The molecule has 4 nitrogen and oxygen atoms in total. The molecule has 2 aromatic carbocycles. The van der Waals surface area contributed by atoms with Crippen LogP contribution in [-0.2, 0) is 13.2 Å². The Kier molecular flexibility index (Phi) is 4.77. The molecule has 0 radical (unpaired) electrons. The van der Waals surface area contributed by atoms with Crippen LogP contribution >= 0.6 is 11.8 Å². The Balaban J connectivity index is 2.38.